The molecule has 0 heterocycles. The highest BCUT2D eigenvalue weighted by Gasteiger charge is 2.08. The zero-order valence-corrected chi connectivity index (χ0v) is 12.6. The third kappa shape index (κ3) is 4.06. The van der Waals surface area contributed by atoms with Crippen molar-refractivity contribution in [2.45, 2.75) is 0 Å². The van der Waals surface area contributed by atoms with Gasteiger partial charge in [-0.3, -0.25) is 4.79 Å². The standard InChI is InChI=1S/C17H15F2NO3/c1-22-15-5-3-4-11(17(15)23-2)6-9-16(21)20-14-8-7-12(18)10-13(14)19/h3-10H,1-2H3,(H,20,21)/b9-6+. The van der Waals surface area contributed by atoms with Crippen LogP contribution in [0.3, 0.4) is 0 Å². The molecule has 1 N–H and O–H groups in total. The zero-order valence-electron chi connectivity index (χ0n) is 12.6. The second-order valence-electron chi connectivity index (χ2n) is 4.53. The van der Waals surface area contributed by atoms with E-state index >= 15 is 0 Å². The summed E-state index contributed by atoms with van der Waals surface area (Å²) in [4.78, 5) is 11.8. The Bertz CT molecular complexity index is 745. The molecule has 0 aromatic heterocycles. The van der Waals surface area contributed by atoms with Crippen LogP contribution in [0.5, 0.6) is 11.5 Å². The van der Waals surface area contributed by atoms with Crippen molar-refractivity contribution in [3.63, 3.8) is 0 Å². The molecule has 0 saturated carbocycles. The van der Waals surface area contributed by atoms with Crippen LogP contribution in [0.2, 0.25) is 0 Å². The monoisotopic (exact) mass is 319 g/mol. The number of amides is 1. The van der Waals surface area contributed by atoms with Crippen LogP contribution < -0.4 is 14.8 Å². The maximum atomic E-state index is 13.5. The SMILES string of the molecule is COc1cccc(/C=C/C(=O)Nc2ccc(F)cc2F)c1OC. The van der Waals surface area contributed by atoms with Crippen molar-refractivity contribution in [2.24, 2.45) is 0 Å². The molecule has 4 nitrogen and oxygen atoms in total. The first kappa shape index (κ1) is 16.5. The first-order valence-electron chi connectivity index (χ1n) is 6.70. The van der Waals surface area contributed by atoms with Crippen LogP contribution in [-0.4, -0.2) is 20.1 Å². The van der Waals surface area contributed by atoms with Gasteiger partial charge in [0.1, 0.15) is 11.6 Å². The summed E-state index contributed by atoms with van der Waals surface area (Å²) in [5.74, 6) is -1.10. The highest BCUT2D eigenvalue weighted by molar-refractivity contribution is 6.02. The molecule has 0 aliphatic carbocycles. The van der Waals surface area contributed by atoms with E-state index in [4.69, 9.17) is 9.47 Å². The summed E-state index contributed by atoms with van der Waals surface area (Å²) in [5.41, 5.74) is 0.528. The molecule has 0 radical (unpaired) electrons. The lowest BCUT2D eigenvalue weighted by Crippen LogP contribution is -2.09. The van der Waals surface area contributed by atoms with Crippen LogP contribution in [-0.2, 0) is 4.79 Å². The minimum Gasteiger partial charge on any atom is -0.493 e. The van der Waals surface area contributed by atoms with Gasteiger partial charge in [0.25, 0.3) is 0 Å². The average Bonchev–Trinajstić information content (AvgIpc) is 2.55. The summed E-state index contributed by atoms with van der Waals surface area (Å²) < 4.78 is 36.7. The molecule has 2 aromatic carbocycles. The van der Waals surface area contributed by atoms with E-state index in [-0.39, 0.29) is 5.69 Å². The van der Waals surface area contributed by atoms with Crippen molar-refractivity contribution in [3.8, 4) is 11.5 Å². The van der Waals surface area contributed by atoms with Crippen molar-refractivity contribution >= 4 is 17.7 Å². The number of carbonyl (C=O) groups is 1. The lowest BCUT2D eigenvalue weighted by molar-refractivity contribution is -0.111. The lowest BCUT2D eigenvalue weighted by atomic mass is 10.1. The van der Waals surface area contributed by atoms with Gasteiger partial charge in [-0.15, -0.1) is 0 Å². The summed E-state index contributed by atoms with van der Waals surface area (Å²) in [5, 5.41) is 2.33. The number of benzene rings is 2. The molecule has 0 unspecified atom stereocenters. The van der Waals surface area contributed by atoms with Gasteiger partial charge in [-0.1, -0.05) is 12.1 Å². The molecule has 2 aromatic rings. The molecular formula is C17H15F2NO3. The van der Waals surface area contributed by atoms with Gasteiger partial charge in [0.15, 0.2) is 11.5 Å². The predicted molar refractivity (Wildman–Crippen MR) is 83.6 cm³/mol. The summed E-state index contributed by atoms with van der Waals surface area (Å²) in [6.07, 6.45) is 2.73. The number of halogens is 2. The fraction of sp³-hybridized carbons (Fsp3) is 0.118. The van der Waals surface area contributed by atoms with Crippen molar-refractivity contribution in [1.82, 2.24) is 0 Å². The van der Waals surface area contributed by atoms with Crippen LogP contribution in [0.25, 0.3) is 6.08 Å². The Morgan fingerprint density at radius 2 is 1.91 bits per heavy atom. The van der Waals surface area contributed by atoms with Gasteiger partial charge >= 0.3 is 0 Å². The fourth-order valence-electron chi connectivity index (χ4n) is 1.97. The van der Waals surface area contributed by atoms with Crippen molar-refractivity contribution in [1.29, 1.82) is 0 Å². The number of hydrogen-bond donors (Lipinski definition) is 1. The van der Waals surface area contributed by atoms with E-state index in [0.717, 1.165) is 12.1 Å². The van der Waals surface area contributed by atoms with Gasteiger partial charge in [0.2, 0.25) is 5.91 Å². The Morgan fingerprint density at radius 3 is 2.57 bits per heavy atom. The molecule has 1 amide bonds. The number of hydrogen-bond acceptors (Lipinski definition) is 3. The van der Waals surface area contributed by atoms with Crippen LogP contribution in [0, 0.1) is 11.6 Å². The Kier molecular flexibility index (Phi) is 5.30. The molecule has 0 fully saturated rings. The molecular weight excluding hydrogens is 304 g/mol. The molecule has 2 rings (SSSR count). The quantitative estimate of drug-likeness (QED) is 0.856. The number of rotatable bonds is 5. The summed E-state index contributed by atoms with van der Waals surface area (Å²) in [6.45, 7) is 0. The first-order chi connectivity index (χ1) is 11.0. The Labute approximate surface area is 132 Å². The minimum atomic E-state index is -0.842. The summed E-state index contributed by atoms with van der Waals surface area (Å²) >= 11 is 0. The minimum absolute atomic E-state index is 0.0985. The Hall–Kier alpha value is -2.89. The van der Waals surface area contributed by atoms with Crippen molar-refractivity contribution < 1.29 is 23.0 Å². The first-order valence-corrected chi connectivity index (χ1v) is 6.70. The van der Waals surface area contributed by atoms with Gasteiger partial charge in [0, 0.05) is 17.7 Å². The zero-order chi connectivity index (χ0) is 16.8. The molecule has 23 heavy (non-hydrogen) atoms. The van der Waals surface area contributed by atoms with Crippen LogP contribution in [0.1, 0.15) is 5.56 Å². The van der Waals surface area contributed by atoms with E-state index in [9.17, 15) is 13.6 Å². The number of anilines is 1. The molecule has 0 aliphatic heterocycles. The maximum absolute atomic E-state index is 13.5. The topological polar surface area (TPSA) is 47.6 Å². The molecule has 0 atom stereocenters. The van der Waals surface area contributed by atoms with E-state index in [1.807, 2.05) is 0 Å². The third-order valence-corrected chi connectivity index (χ3v) is 3.04. The largest absolute Gasteiger partial charge is 0.493 e. The van der Waals surface area contributed by atoms with Crippen LogP contribution in [0.4, 0.5) is 14.5 Å². The van der Waals surface area contributed by atoms with E-state index in [0.29, 0.717) is 23.1 Å². The molecule has 0 aliphatic rings. The molecule has 0 saturated heterocycles. The van der Waals surface area contributed by atoms with Crippen LogP contribution in [0.15, 0.2) is 42.5 Å². The highest BCUT2D eigenvalue weighted by Crippen LogP contribution is 2.31. The van der Waals surface area contributed by atoms with Crippen molar-refractivity contribution in [2.75, 3.05) is 19.5 Å². The fourth-order valence-corrected chi connectivity index (χ4v) is 1.97. The molecule has 120 valence electrons. The number of ether oxygens (including phenoxy) is 2. The Morgan fingerprint density at radius 1 is 1.13 bits per heavy atom. The number of carbonyl (C=O) groups excluding carboxylic acids is 1. The molecule has 0 spiro atoms. The van der Waals surface area contributed by atoms with E-state index in [1.165, 1.54) is 26.4 Å². The number of methoxy groups -OCH3 is 2. The second-order valence-corrected chi connectivity index (χ2v) is 4.53. The van der Waals surface area contributed by atoms with Crippen LogP contribution >= 0.6 is 0 Å². The van der Waals surface area contributed by atoms with Crippen molar-refractivity contribution in [3.05, 3.63) is 59.7 Å². The normalized spacial score (nSPS) is 10.6. The highest BCUT2D eigenvalue weighted by atomic mass is 19.1. The molecule has 6 heteroatoms. The summed E-state index contributed by atoms with van der Waals surface area (Å²) in [7, 11) is 3.00. The van der Waals surface area contributed by atoms with Gasteiger partial charge in [0.05, 0.1) is 19.9 Å². The smallest absolute Gasteiger partial charge is 0.248 e. The molecule has 0 bridgehead atoms. The maximum Gasteiger partial charge on any atom is 0.248 e. The van der Waals surface area contributed by atoms with E-state index in [2.05, 4.69) is 5.32 Å². The predicted octanol–water partition coefficient (Wildman–Crippen LogP) is 3.63. The van der Waals surface area contributed by atoms with E-state index < -0.39 is 17.5 Å². The van der Waals surface area contributed by atoms with E-state index in [1.54, 1.807) is 18.2 Å². The van der Waals surface area contributed by atoms with Gasteiger partial charge in [-0.25, -0.2) is 8.78 Å². The second kappa shape index (κ2) is 7.40. The number of nitrogens with one attached hydrogen (secondary N) is 1. The van der Waals surface area contributed by atoms with Gasteiger partial charge < -0.3 is 14.8 Å². The lowest BCUT2D eigenvalue weighted by Gasteiger charge is -2.09. The number of para-hydroxylation sites is 1. The van der Waals surface area contributed by atoms with Gasteiger partial charge in [-0.05, 0) is 24.3 Å². The third-order valence-electron chi connectivity index (χ3n) is 3.04. The van der Waals surface area contributed by atoms with Gasteiger partial charge in [-0.2, -0.15) is 0 Å². The Balaban J connectivity index is 2.15. The average molecular weight is 319 g/mol. The summed E-state index contributed by atoms with van der Waals surface area (Å²) in [6, 6.07) is 8.13.